The third-order valence-corrected chi connectivity index (χ3v) is 3.81. The molecular formula is C16H13BrFN3. The number of fused-ring (bicyclic) bond motifs is 1. The quantitative estimate of drug-likeness (QED) is 0.562. The molecule has 0 aliphatic carbocycles. The Hall–Kier alpha value is -1.82. The lowest BCUT2D eigenvalue weighted by Crippen LogP contribution is -2.28. The van der Waals surface area contributed by atoms with Gasteiger partial charge in [0.15, 0.2) is 0 Å². The first-order chi connectivity index (χ1) is 10.2. The molecule has 0 fully saturated rings. The van der Waals surface area contributed by atoms with Crippen LogP contribution in [0.4, 0.5) is 4.39 Å². The molecule has 3 rings (SSSR count). The minimum atomic E-state index is -0.307. The summed E-state index contributed by atoms with van der Waals surface area (Å²) in [7, 11) is 0. The lowest BCUT2D eigenvalue weighted by molar-refractivity contribution is 0.604. The third kappa shape index (κ3) is 2.95. The van der Waals surface area contributed by atoms with E-state index in [1.165, 1.54) is 12.1 Å². The summed E-state index contributed by atoms with van der Waals surface area (Å²) < 4.78 is 14.3. The van der Waals surface area contributed by atoms with Gasteiger partial charge in [-0.3, -0.25) is 10.8 Å². The second-order valence-electron chi connectivity index (χ2n) is 4.76. The maximum absolute atomic E-state index is 13.6. The molecule has 0 spiro atoms. The van der Waals surface area contributed by atoms with Gasteiger partial charge < -0.3 is 0 Å². The molecule has 2 aromatic carbocycles. The Labute approximate surface area is 130 Å². The highest BCUT2D eigenvalue weighted by molar-refractivity contribution is 9.10. The number of halogens is 2. The van der Waals surface area contributed by atoms with E-state index >= 15 is 0 Å². The van der Waals surface area contributed by atoms with Crippen LogP contribution >= 0.6 is 15.9 Å². The number of nitrogens with two attached hydrogens (primary N) is 1. The number of aromatic nitrogens is 1. The Morgan fingerprint density at radius 2 is 1.95 bits per heavy atom. The summed E-state index contributed by atoms with van der Waals surface area (Å²) in [4.78, 5) is 4.34. The number of nitrogens with one attached hydrogen (secondary N) is 1. The van der Waals surface area contributed by atoms with Gasteiger partial charge in [0.2, 0.25) is 0 Å². The first kappa shape index (κ1) is 14.1. The van der Waals surface area contributed by atoms with E-state index in [1.807, 2.05) is 36.4 Å². The zero-order chi connectivity index (χ0) is 14.8. The van der Waals surface area contributed by atoms with E-state index in [2.05, 4.69) is 26.3 Å². The van der Waals surface area contributed by atoms with Crippen molar-refractivity contribution in [2.45, 2.75) is 6.04 Å². The van der Waals surface area contributed by atoms with Crippen molar-refractivity contribution in [3.8, 4) is 0 Å². The number of hydrogen-bond acceptors (Lipinski definition) is 3. The molecule has 5 heteroatoms. The van der Waals surface area contributed by atoms with Crippen molar-refractivity contribution in [2.75, 3.05) is 0 Å². The van der Waals surface area contributed by atoms with E-state index in [0.717, 1.165) is 22.0 Å². The average Bonchev–Trinajstić information content (AvgIpc) is 2.47. The van der Waals surface area contributed by atoms with Crippen molar-refractivity contribution in [2.24, 2.45) is 5.84 Å². The molecular weight excluding hydrogens is 333 g/mol. The number of nitrogens with zero attached hydrogens (tertiary/aromatic N) is 1. The SMILES string of the molecule is NNC(c1cc(F)cc(Br)c1)c1ccc2cccnc2c1. The van der Waals surface area contributed by atoms with Gasteiger partial charge in [0.25, 0.3) is 0 Å². The predicted molar refractivity (Wildman–Crippen MR) is 85.0 cm³/mol. The van der Waals surface area contributed by atoms with Gasteiger partial charge in [0, 0.05) is 16.1 Å². The first-order valence-corrected chi connectivity index (χ1v) is 7.23. The standard InChI is InChI=1S/C16H13BrFN3/c17-13-6-12(7-14(18)9-13)16(21-19)11-4-3-10-2-1-5-20-15(10)8-11/h1-9,16,21H,19H2. The summed E-state index contributed by atoms with van der Waals surface area (Å²) in [5.41, 5.74) is 5.30. The molecule has 0 bridgehead atoms. The lowest BCUT2D eigenvalue weighted by Gasteiger charge is -2.18. The van der Waals surface area contributed by atoms with Crippen LogP contribution in [0, 0.1) is 5.82 Å². The summed E-state index contributed by atoms with van der Waals surface area (Å²) in [6, 6.07) is 14.2. The molecule has 3 nitrogen and oxygen atoms in total. The highest BCUT2D eigenvalue weighted by Crippen LogP contribution is 2.27. The van der Waals surface area contributed by atoms with E-state index in [-0.39, 0.29) is 11.9 Å². The number of benzene rings is 2. The Balaban J connectivity index is 2.08. The smallest absolute Gasteiger partial charge is 0.124 e. The molecule has 0 amide bonds. The number of rotatable bonds is 3. The molecule has 1 unspecified atom stereocenters. The lowest BCUT2D eigenvalue weighted by atomic mass is 9.98. The van der Waals surface area contributed by atoms with E-state index in [0.29, 0.717) is 4.47 Å². The van der Waals surface area contributed by atoms with Gasteiger partial charge in [-0.05, 0) is 41.5 Å². The van der Waals surface area contributed by atoms with Gasteiger partial charge in [-0.25, -0.2) is 9.82 Å². The van der Waals surface area contributed by atoms with Gasteiger partial charge in [-0.15, -0.1) is 0 Å². The maximum atomic E-state index is 13.6. The van der Waals surface area contributed by atoms with E-state index in [9.17, 15) is 4.39 Å². The van der Waals surface area contributed by atoms with Gasteiger partial charge >= 0.3 is 0 Å². The fraction of sp³-hybridized carbons (Fsp3) is 0.0625. The van der Waals surface area contributed by atoms with Crippen LogP contribution in [0.25, 0.3) is 10.9 Å². The molecule has 106 valence electrons. The van der Waals surface area contributed by atoms with Crippen LogP contribution in [0.3, 0.4) is 0 Å². The van der Waals surface area contributed by atoms with Gasteiger partial charge in [-0.2, -0.15) is 0 Å². The van der Waals surface area contributed by atoms with E-state index in [1.54, 1.807) is 6.20 Å². The van der Waals surface area contributed by atoms with Crippen molar-refractivity contribution in [3.63, 3.8) is 0 Å². The fourth-order valence-corrected chi connectivity index (χ4v) is 2.87. The van der Waals surface area contributed by atoms with Gasteiger partial charge in [-0.1, -0.05) is 34.1 Å². The van der Waals surface area contributed by atoms with Crippen molar-refractivity contribution in [1.82, 2.24) is 10.4 Å². The molecule has 0 saturated carbocycles. The number of hydrogen-bond donors (Lipinski definition) is 2. The van der Waals surface area contributed by atoms with Gasteiger partial charge in [0.1, 0.15) is 5.82 Å². The molecule has 1 aromatic heterocycles. The van der Waals surface area contributed by atoms with Crippen molar-refractivity contribution in [1.29, 1.82) is 0 Å². The third-order valence-electron chi connectivity index (χ3n) is 3.35. The van der Waals surface area contributed by atoms with Crippen LogP contribution in [0.5, 0.6) is 0 Å². The average molecular weight is 346 g/mol. The highest BCUT2D eigenvalue weighted by Gasteiger charge is 2.14. The summed E-state index contributed by atoms with van der Waals surface area (Å²) >= 11 is 3.30. The summed E-state index contributed by atoms with van der Waals surface area (Å²) in [6.07, 6.45) is 1.75. The molecule has 1 heterocycles. The van der Waals surface area contributed by atoms with Gasteiger partial charge in [0.05, 0.1) is 11.6 Å². The minimum Gasteiger partial charge on any atom is -0.271 e. The monoisotopic (exact) mass is 345 g/mol. The normalized spacial score (nSPS) is 12.5. The topological polar surface area (TPSA) is 50.9 Å². The second-order valence-corrected chi connectivity index (χ2v) is 5.67. The van der Waals surface area contributed by atoms with E-state index < -0.39 is 0 Å². The van der Waals surface area contributed by atoms with Crippen LogP contribution in [0.1, 0.15) is 17.2 Å². The molecule has 1 atom stereocenters. The largest absolute Gasteiger partial charge is 0.271 e. The maximum Gasteiger partial charge on any atom is 0.124 e. The van der Waals surface area contributed by atoms with Crippen LogP contribution in [0.2, 0.25) is 0 Å². The zero-order valence-electron chi connectivity index (χ0n) is 11.1. The summed E-state index contributed by atoms with van der Waals surface area (Å²) in [5, 5.41) is 1.05. The van der Waals surface area contributed by atoms with Crippen LogP contribution < -0.4 is 11.3 Å². The first-order valence-electron chi connectivity index (χ1n) is 6.44. The van der Waals surface area contributed by atoms with Crippen molar-refractivity contribution >= 4 is 26.8 Å². The van der Waals surface area contributed by atoms with Crippen LogP contribution in [-0.4, -0.2) is 4.98 Å². The number of hydrazine groups is 1. The van der Waals surface area contributed by atoms with Crippen molar-refractivity contribution < 1.29 is 4.39 Å². The molecule has 0 saturated heterocycles. The molecule has 0 radical (unpaired) electrons. The summed E-state index contributed by atoms with van der Waals surface area (Å²) in [6.45, 7) is 0. The fourth-order valence-electron chi connectivity index (χ4n) is 2.39. The second kappa shape index (κ2) is 5.89. The van der Waals surface area contributed by atoms with Crippen LogP contribution in [0.15, 0.2) is 59.2 Å². The Bertz CT molecular complexity index is 771. The molecule has 21 heavy (non-hydrogen) atoms. The molecule has 0 aliphatic rings. The Morgan fingerprint density at radius 1 is 1.10 bits per heavy atom. The molecule has 3 N–H and O–H groups in total. The molecule has 0 aliphatic heterocycles. The minimum absolute atomic E-state index is 0.302. The highest BCUT2D eigenvalue weighted by atomic mass is 79.9. The van der Waals surface area contributed by atoms with E-state index in [4.69, 9.17) is 5.84 Å². The summed E-state index contributed by atoms with van der Waals surface area (Å²) in [5.74, 6) is 5.37. The predicted octanol–water partition coefficient (Wildman–Crippen LogP) is 3.69. The number of pyridine rings is 1. The van der Waals surface area contributed by atoms with Crippen molar-refractivity contribution in [3.05, 3.63) is 76.1 Å². The zero-order valence-corrected chi connectivity index (χ0v) is 12.6. The van der Waals surface area contributed by atoms with Crippen LogP contribution in [-0.2, 0) is 0 Å². The Kier molecular flexibility index (Phi) is 3.96. The Morgan fingerprint density at radius 3 is 2.71 bits per heavy atom. The molecule has 3 aromatic rings.